The smallest absolute Gasteiger partial charge is 0.220 e. The van der Waals surface area contributed by atoms with Crippen molar-refractivity contribution >= 4 is 32.6 Å². The van der Waals surface area contributed by atoms with Crippen LogP contribution in [0.3, 0.4) is 0 Å². The highest BCUT2D eigenvalue weighted by atomic mass is 32.1. The summed E-state index contributed by atoms with van der Waals surface area (Å²) >= 11 is 1.79. The number of hydrogen-bond acceptors (Lipinski definition) is 4. The van der Waals surface area contributed by atoms with Crippen LogP contribution in [0, 0.1) is 11.8 Å². The van der Waals surface area contributed by atoms with Gasteiger partial charge in [-0.2, -0.15) is 0 Å². The number of aromatic nitrogens is 1. The number of fused-ring (bicyclic) bond motifs is 1. The third-order valence-corrected chi connectivity index (χ3v) is 7.36. The zero-order valence-electron chi connectivity index (χ0n) is 16.2. The Bertz CT molecular complexity index is 712. The summed E-state index contributed by atoms with van der Waals surface area (Å²) in [4.78, 5) is 19.4. The molecular weight excluding hydrogens is 354 g/mol. The van der Waals surface area contributed by atoms with Crippen LogP contribution >= 0.6 is 11.3 Å². The van der Waals surface area contributed by atoms with Gasteiger partial charge in [0.1, 0.15) is 0 Å². The molecule has 27 heavy (non-hydrogen) atoms. The topological polar surface area (TPSA) is 45.2 Å². The molecule has 2 aromatic rings. The summed E-state index contributed by atoms with van der Waals surface area (Å²) in [5.41, 5.74) is 1.10. The van der Waals surface area contributed by atoms with Gasteiger partial charge in [0.25, 0.3) is 0 Å². The van der Waals surface area contributed by atoms with Crippen molar-refractivity contribution in [2.75, 3.05) is 24.5 Å². The predicted molar refractivity (Wildman–Crippen MR) is 113 cm³/mol. The highest BCUT2D eigenvalue weighted by Crippen LogP contribution is 2.31. The van der Waals surface area contributed by atoms with Gasteiger partial charge >= 0.3 is 0 Å². The van der Waals surface area contributed by atoms with Crippen LogP contribution in [-0.4, -0.2) is 30.5 Å². The molecule has 1 aliphatic heterocycles. The summed E-state index contributed by atoms with van der Waals surface area (Å²) in [6.07, 6.45) is 10.8. The second-order valence-electron chi connectivity index (χ2n) is 8.24. The van der Waals surface area contributed by atoms with Gasteiger partial charge in [-0.25, -0.2) is 4.98 Å². The molecule has 5 heteroatoms. The Hall–Kier alpha value is -1.62. The lowest BCUT2D eigenvalue weighted by molar-refractivity contribution is -0.121. The Labute approximate surface area is 166 Å². The number of rotatable bonds is 6. The molecule has 0 radical (unpaired) electrons. The Balaban J connectivity index is 1.17. The molecule has 1 amide bonds. The van der Waals surface area contributed by atoms with Crippen LogP contribution in [0.15, 0.2) is 24.3 Å². The Kier molecular flexibility index (Phi) is 6.28. The van der Waals surface area contributed by atoms with Crippen molar-refractivity contribution in [3.63, 3.8) is 0 Å². The van der Waals surface area contributed by atoms with Crippen molar-refractivity contribution < 1.29 is 4.79 Å². The van der Waals surface area contributed by atoms with Crippen molar-refractivity contribution in [1.29, 1.82) is 0 Å². The number of nitrogens with one attached hydrogen (secondary N) is 1. The van der Waals surface area contributed by atoms with Crippen LogP contribution in [0.25, 0.3) is 10.2 Å². The number of para-hydroxylation sites is 1. The van der Waals surface area contributed by atoms with Crippen LogP contribution in [0.1, 0.15) is 57.8 Å². The first kappa shape index (κ1) is 18.7. The Morgan fingerprint density at radius 2 is 1.85 bits per heavy atom. The minimum Gasteiger partial charge on any atom is -0.356 e. The molecule has 1 saturated heterocycles. The van der Waals surface area contributed by atoms with E-state index in [0.29, 0.717) is 5.92 Å². The lowest BCUT2D eigenvalue weighted by Gasteiger charge is -2.31. The number of benzene rings is 1. The molecule has 1 N–H and O–H groups in total. The minimum absolute atomic E-state index is 0.258. The normalized spacial score (nSPS) is 19.5. The van der Waals surface area contributed by atoms with Gasteiger partial charge < -0.3 is 10.2 Å². The average Bonchev–Trinajstić information content (AvgIpc) is 3.16. The van der Waals surface area contributed by atoms with Crippen molar-refractivity contribution in [2.24, 2.45) is 11.8 Å². The van der Waals surface area contributed by atoms with E-state index in [1.165, 1.54) is 36.8 Å². The third kappa shape index (κ3) is 5.01. The maximum Gasteiger partial charge on any atom is 0.220 e. The Morgan fingerprint density at radius 1 is 1.07 bits per heavy atom. The molecule has 1 aliphatic carbocycles. The summed E-state index contributed by atoms with van der Waals surface area (Å²) < 4.78 is 1.26. The summed E-state index contributed by atoms with van der Waals surface area (Å²) in [6, 6.07) is 8.36. The van der Waals surface area contributed by atoms with Gasteiger partial charge in [0.15, 0.2) is 5.13 Å². The van der Waals surface area contributed by atoms with E-state index in [0.717, 1.165) is 61.9 Å². The number of thiazole rings is 1. The summed E-state index contributed by atoms with van der Waals surface area (Å²) in [6.45, 7) is 2.93. The maximum atomic E-state index is 12.2. The molecule has 146 valence electrons. The van der Waals surface area contributed by atoms with Gasteiger partial charge in [0.05, 0.1) is 10.2 Å². The van der Waals surface area contributed by atoms with Crippen molar-refractivity contribution in [2.45, 2.75) is 57.8 Å². The zero-order chi connectivity index (χ0) is 18.5. The molecule has 2 heterocycles. The molecule has 0 spiro atoms. The van der Waals surface area contributed by atoms with Crippen molar-refractivity contribution in [1.82, 2.24) is 10.3 Å². The first-order chi connectivity index (χ1) is 13.3. The van der Waals surface area contributed by atoms with Crippen molar-refractivity contribution in [3.05, 3.63) is 24.3 Å². The number of carbonyl (C=O) groups is 1. The van der Waals surface area contributed by atoms with E-state index in [4.69, 9.17) is 4.98 Å². The lowest BCUT2D eigenvalue weighted by atomic mass is 9.86. The van der Waals surface area contributed by atoms with Gasteiger partial charge in [-0.1, -0.05) is 55.6 Å². The molecule has 1 saturated carbocycles. The molecule has 1 aromatic carbocycles. The summed E-state index contributed by atoms with van der Waals surface area (Å²) in [5, 5.41) is 4.34. The number of hydrogen-bond donors (Lipinski definition) is 1. The van der Waals surface area contributed by atoms with E-state index in [-0.39, 0.29) is 5.91 Å². The fourth-order valence-electron chi connectivity index (χ4n) is 4.48. The Morgan fingerprint density at radius 3 is 2.63 bits per heavy atom. The second-order valence-corrected chi connectivity index (χ2v) is 9.25. The molecule has 0 unspecified atom stereocenters. The summed E-state index contributed by atoms with van der Waals surface area (Å²) in [5.74, 6) is 1.66. The van der Waals surface area contributed by atoms with Gasteiger partial charge in [-0.05, 0) is 43.2 Å². The predicted octanol–water partition coefficient (Wildman–Crippen LogP) is 4.99. The highest BCUT2D eigenvalue weighted by Gasteiger charge is 2.22. The van der Waals surface area contributed by atoms with Crippen LogP contribution in [0.2, 0.25) is 0 Å². The van der Waals surface area contributed by atoms with E-state index in [9.17, 15) is 4.79 Å². The van der Waals surface area contributed by atoms with Crippen LogP contribution < -0.4 is 10.2 Å². The van der Waals surface area contributed by atoms with Crippen LogP contribution in [0.4, 0.5) is 5.13 Å². The fraction of sp³-hybridized carbons (Fsp3) is 0.636. The zero-order valence-corrected chi connectivity index (χ0v) is 17.0. The summed E-state index contributed by atoms with van der Waals surface area (Å²) in [7, 11) is 0. The van der Waals surface area contributed by atoms with Gasteiger partial charge in [-0.15, -0.1) is 0 Å². The van der Waals surface area contributed by atoms with Gasteiger partial charge in [0.2, 0.25) is 5.91 Å². The maximum absolute atomic E-state index is 12.2. The number of anilines is 1. The molecule has 1 aromatic heterocycles. The third-order valence-electron chi connectivity index (χ3n) is 6.26. The molecule has 4 rings (SSSR count). The van der Waals surface area contributed by atoms with Gasteiger partial charge in [-0.3, -0.25) is 4.79 Å². The van der Waals surface area contributed by atoms with E-state index in [2.05, 4.69) is 34.5 Å². The van der Waals surface area contributed by atoms with E-state index in [1.54, 1.807) is 11.3 Å². The molecular formula is C22H31N3OS. The van der Waals surface area contributed by atoms with E-state index in [1.807, 2.05) is 0 Å². The van der Waals surface area contributed by atoms with Crippen LogP contribution in [0.5, 0.6) is 0 Å². The van der Waals surface area contributed by atoms with E-state index < -0.39 is 0 Å². The first-order valence-electron chi connectivity index (χ1n) is 10.6. The number of carbonyl (C=O) groups excluding carboxylic acids is 1. The first-order valence-corrected chi connectivity index (χ1v) is 11.5. The largest absolute Gasteiger partial charge is 0.356 e. The number of amides is 1. The quantitative estimate of drug-likeness (QED) is 0.762. The van der Waals surface area contributed by atoms with Gasteiger partial charge in [0, 0.05) is 26.1 Å². The average molecular weight is 386 g/mol. The standard InChI is InChI=1S/C22H31N3OS/c26-21(11-10-17-6-2-1-3-7-17)23-16-18-12-14-25(15-13-18)22-24-19-8-4-5-9-20(19)27-22/h4-5,8-9,17-18H,1-3,6-7,10-16H2,(H,23,26). The second kappa shape index (κ2) is 9.05. The molecule has 2 aliphatic rings. The molecule has 0 atom stereocenters. The monoisotopic (exact) mass is 385 g/mol. The molecule has 0 bridgehead atoms. The lowest BCUT2D eigenvalue weighted by Crippen LogP contribution is -2.38. The number of piperidine rings is 1. The minimum atomic E-state index is 0.258. The molecule has 2 fully saturated rings. The molecule has 4 nitrogen and oxygen atoms in total. The fourth-order valence-corrected chi connectivity index (χ4v) is 5.50. The highest BCUT2D eigenvalue weighted by molar-refractivity contribution is 7.22. The van der Waals surface area contributed by atoms with Crippen molar-refractivity contribution in [3.8, 4) is 0 Å². The SMILES string of the molecule is O=C(CCC1CCCCC1)NCC1CCN(c2nc3ccccc3s2)CC1. The van der Waals surface area contributed by atoms with E-state index >= 15 is 0 Å². The number of nitrogens with zero attached hydrogens (tertiary/aromatic N) is 2. The van der Waals surface area contributed by atoms with Crippen LogP contribution in [-0.2, 0) is 4.79 Å².